The Morgan fingerprint density at radius 2 is 1.12 bits per heavy atom. The van der Waals surface area contributed by atoms with Crippen LogP contribution in [0.5, 0.6) is 0 Å². The van der Waals surface area contributed by atoms with E-state index in [-0.39, 0.29) is 11.2 Å². The van der Waals surface area contributed by atoms with Crippen molar-refractivity contribution in [1.29, 1.82) is 0 Å². The highest BCUT2D eigenvalue weighted by atomic mass is 35.5. The second-order valence-electron chi connectivity index (χ2n) is 5.36. The molecule has 0 saturated heterocycles. The maximum absolute atomic E-state index is 11.7. The minimum Gasteiger partial charge on any atom is -0.298 e. The van der Waals surface area contributed by atoms with Crippen LogP contribution in [0.3, 0.4) is 0 Å². The predicted molar refractivity (Wildman–Crippen MR) is 74.7 cm³/mol. The topological polar surface area (TPSA) is 17.1 Å². The van der Waals surface area contributed by atoms with Gasteiger partial charge in [0, 0.05) is 6.42 Å². The molecule has 1 aliphatic rings. The smallest absolute Gasteiger partial charge is 0.150 e. The molecule has 0 N–H and O–H groups in total. The summed E-state index contributed by atoms with van der Waals surface area (Å²) in [6.45, 7) is 0. The van der Waals surface area contributed by atoms with Crippen molar-refractivity contribution in [2.24, 2.45) is 0 Å². The first-order chi connectivity index (χ1) is 8.30. The van der Waals surface area contributed by atoms with Crippen molar-refractivity contribution in [3.05, 3.63) is 0 Å². The van der Waals surface area contributed by atoms with Gasteiger partial charge in [0.15, 0.2) is 5.78 Å². The normalized spacial score (nSPS) is 27.1. The van der Waals surface area contributed by atoms with E-state index in [1.54, 1.807) is 0 Å². The number of carbonyl (C=O) groups excluding carboxylic acids is 1. The van der Waals surface area contributed by atoms with Crippen LogP contribution in [-0.2, 0) is 4.79 Å². The predicted octanol–water partition coefficient (Wildman–Crippen LogP) is 5.25. The largest absolute Gasteiger partial charge is 0.298 e. The molecule has 0 aliphatic heterocycles. The summed E-state index contributed by atoms with van der Waals surface area (Å²) in [4.78, 5) is 11.7. The minimum absolute atomic E-state index is 0.208. The number of ketones is 1. The molecule has 1 fully saturated rings. The third-order valence-corrected chi connectivity index (χ3v) is 4.19. The summed E-state index contributed by atoms with van der Waals surface area (Å²) in [5.74, 6) is 0.279. The van der Waals surface area contributed by atoms with E-state index in [0.717, 1.165) is 19.3 Å². The van der Waals surface area contributed by atoms with Gasteiger partial charge in [-0.25, -0.2) is 0 Å². The second-order valence-corrected chi connectivity index (χ2v) is 5.89. The van der Waals surface area contributed by atoms with E-state index in [4.69, 9.17) is 11.6 Å². The number of alkyl halides is 1. The zero-order valence-electron chi connectivity index (χ0n) is 11.1. The molecule has 1 unspecified atom stereocenters. The molecule has 1 saturated carbocycles. The molecule has 0 heterocycles. The molecule has 1 atom stereocenters. The van der Waals surface area contributed by atoms with Crippen molar-refractivity contribution in [3.8, 4) is 0 Å². The maximum Gasteiger partial charge on any atom is 0.150 e. The zero-order chi connectivity index (χ0) is 12.3. The molecule has 17 heavy (non-hydrogen) atoms. The van der Waals surface area contributed by atoms with Crippen LogP contribution in [-0.4, -0.2) is 11.2 Å². The molecule has 0 aromatic rings. The fraction of sp³-hybridized carbons (Fsp3) is 0.933. The van der Waals surface area contributed by atoms with Crippen molar-refractivity contribution in [2.75, 3.05) is 0 Å². The maximum atomic E-state index is 11.7. The first-order valence-corrected chi connectivity index (χ1v) is 7.91. The molecule has 1 aliphatic carbocycles. The molecular formula is C15H27ClO. The molecule has 100 valence electrons. The molecule has 1 rings (SSSR count). The molecule has 1 nitrogen and oxygen atoms in total. The van der Waals surface area contributed by atoms with E-state index in [1.165, 1.54) is 57.8 Å². The van der Waals surface area contributed by atoms with Crippen molar-refractivity contribution >= 4 is 17.4 Å². The van der Waals surface area contributed by atoms with Crippen LogP contribution in [0.25, 0.3) is 0 Å². The monoisotopic (exact) mass is 258 g/mol. The van der Waals surface area contributed by atoms with Gasteiger partial charge in [-0.05, 0) is 12.8 Å². The Balaban J connectivity index is 2.24. The van der Waals surface area contributed by atoms with Gasteiger partial charge in [-0.3, -0.25) is 4.79 Å². The summed E-state index contributed by atoms with van der Waals surface area (Å²) in [6.07, 6.45) is 15.7. The van der Waals surface area contributed by atoms with Gasteiger partial charge in [-0.2, -0.15) is 0 Å². The highest BCUT2D eigenvalue weighted by Gasteiger charge is 2.14. The molecule has 2 heteroatoms. The number of hydrogen-bond acceptors (Lipinski definition) is 1. The first-order valence-electron chi connectivity index (χ1n) is 7.47. The first kappa shape index (κ1) is 15.0. The summed E-state index contributed by atoms with van der Waals surface area (Å²) in [5, 5.41) is -0.208. The third-order valence-electron chi connectivity index (χ3n) is 3.73. The van der Waals surface area contributed by atoms with Crippen LogP contribution in [0.1, 0.15) is 83.5 Å². The van der Waals surface area contributed by atoms with Crippen LogP contribution in [0.2, 0.25) is 0 Å². The molecule has 0 aromatic carbocycles. The highest BCUT2D eigenvalue weighted by molar-refractivity contribution is 6.31. The number of rotatable bonds is 0. The molecule has 0 aromatic heterocycles. The van der Waals surface area contributed by atoms with E-state index in [1.807, 2.05) is 0 Å². The Morgan fingerprint density at radius 3 is 1.65 bits per heavy atom. The minimum atomic E-state index is -0.208. The van der Waals surface area contributed by atoms with E-state index in [9.17, 15) is 4.79 Å². The number of carbonyl (C=O) groups is 1. The van der Waals surface area contributed by atoms with Gasteiger partial charge in [0.05, 0.1) is 5.38 Å². The average Bonchev–Trinajstić information content (AvgIpc) is 2.34. The van der Waals surface area contributed by atoms with Gasteiger partial charge in [-0.15, -0.1) is 11.6 Å². The van der Waals surface area contributed by atoms with Gasteiger partial charge in [0.25, 0.3) is 0 Å². The molecule has 0 bridgehead atoms. The highest BCUT2D eigenvalue weighted by Crippen LogP contribution is 2.17. The summed E-state index contributed by atoms with van der Waals surface area (Å²) in [6, 6.07) is 0. The molecule has 0 spiro atoms. The Kier molecular flexibility index (Phi) is 8.78. The lowest BCUT2D eigenvalue weighted by atomic mass is 10.0. The van der Waals surface area contributed by atoms with Crippen LogP contribution in [0.4, 0.5) is 0 Å². The second kappa shape index (κ2) is 9.94. The van der Waals surface area contributed by atoms with Gasteiger partial charge in [0.1, 0.15) is 0 Å². The van der Waals surface area contributed by atoms with E-state index in [0.29, 0.717) is 6.42 Å². The van der Waals surface area contributed by atoms with E-state index < -0.39 is 0 Å². The molecule has 0 amide bonds. The van der Waals surface area contributed by atoms with Gasteiger partial charge >= 0.3 is 0 Å². The quantitative estimate of drug-likeness (QED) is 0.543. The van der Waals surface area contributed by atoms with Gasteiger partial charge in [0.2, 0.25) is 0 Å². The van der Waals surface area contributed by atoms with E-state index >= 15 is 0 Å². The Bertz CT molecular complexity index is 203. The summed E-state index contributed by atoms with van der Waals surface area (Å²) in [5.41, 5.74) is 0. The third kappa shape index (κ3) is 7.81. The standard InChI is InChI=1S/C15H27ClO/c16-14-12-10-8-6-4-2-1-3-5-7-9-11-13-15(14)17/h14H,1-13H2. The fourth-order valence-electron chi connectivity index (χ4n) is 2.53. The molecular weight excluding hydrogens is 232 g/mol. The Labute approximate surface area is 111 Å². The van der Waals surface area contributed by atoms with Crippen molar-refractivity contribution in [2.45, 2.75) is 88.8 Å². The number of Topliss-reactive ketones (excluding diaryl/α,β-unsaturated/α-hetero) is 1. The van der Waals surface area contributed by atoms with Crippen LogP contribution >= 0.6 is 11.6 Å². The lowest BCUT2D eigenvalue weighted by Gasteiger charge is -2.08. The van der Waals surface area contributed by atoms with Gasteiger partial charge < -0.3 is 0 Å². The number of halogens is 1. The fourth-order valence-corrected chi connectivity index (χ4v) is 2.79. The average molecular weight is 259 g/mol. The summed E-state index contributed by atoms with van der Waals surface area (Å²) < 4.78 is 0. The van der Waals surface area contributed by atoms with Crippen molar-refractivity contribution in [1.82, 2.24) is 0 Å². The van der Waals surface area contributed by atoms with Crippen LogP contribution in [0.15, 0.2) is 0 Å². The Hall–Kier alpha value is -0.0400. The lowest BCUT2D eigenvalue weighted by Crippen LogP contribution is -2.14. The lowest BCUT2D eigenvalue weighted by molar-refractivity contribution is -0.119. The Morgan fingerprint density at radius 1 is 0.706 bits per heavy atom. The SMILES string of the molecule is O=C1CCCCCCCCCCCCCC1Cl. The summed E-state index contributed by atoms with van der Waals surface area (Å²) >= 11 is 6.12. The van der Waals surface area contributed by atoms with Crippen LogP contribution < -0.4 is 0 Å². The molecule has 0 radical (unpaired) electrons. The zero-order valence-corrected chi connectivity index (χ0v) is 11.8. The summed E-state index contributed by atoms with van der Waals surface area (Å²) in [7, 11) is 0. The van der Waals surface area contributed by atoms with Gasteiger partial charge in [-0.1, -0.05) is 64.2 Å². The van der Waals surface area contributed by atoms with Crippen molar-refractivity contribution in [3.63, 3.8) is 0 Å². The number of hydrogen-bond donors (Lipinski definition) is 0. The van der Waals surface area contributed by atoms with Crippen LogP contribution in [0, 0.1) is 0 Å². The van der Waals surface area contributed by atoms with E-state index in [2.05, 4.69) is 0 Å². The van der Waals surface area contributed by atoms with Crippen molar-refractivity contribution < 1.29 is 4.79 Å².